The second-order valence-corrected chi connectivity index (χ2v) is 8.04. The zero-order valence-corrected chi connectivity index (χ0v) is 17.0. The first kappa shape index (κ1) is 23.8. The molecule has 28 heavy (non-hydrogen) atoms. The fraction of sp³-hybridized carbons (Fsp3) is 0.684. The molecule has 0 saturated heterocycles. The maximum absolute atomic E-state index is 12.0. The zero-order chi connectivity index (χ0) is 21.4. The van der Waals surface area contributed by atoms with E-state index in [0.29, 0.717) is 13.0 Å². The Bertz CT molecular complexity index is 614. The summed E-state index contributed by atoms with van der Waals surface area (Å²) in [5.41, 5.74) is -0.453. The van der Waals surface area contributed by atoms with Crippen molar-refractivity contribution in [2.24, 2.45) is 5.41 Å². The highest BCUT2D eigenvalue weighted by Gasteiger charge is 2.26. The van der Waals surface area contributed by atoms with Crippen molar-refractivity contribution in [1.82, 2.24) is 15.5 Å². The van der Waals surface area contributed by atoms with Crippen LogP contribution < -0.4 is 10.6 Å². The molecule has 4 amide bonds. The minimum Gasteiger partial charge on any atom is -0.366 e. The van der Waals surface area contributed by atoms with Gasteiger partial charge in [0.2, 0.25) is 11.8 Å². The minimum absolute atomic E-state index is 0. The molecule has 0 aromatic carbocycles. The molecule has 1 rings (SSSR count). The Labute approximate surface area is 168 Å². The summed E-state index contributed by atoms with van der Waals surface area (Å²) in [6.07, 6.45) is 3.25. The van der Waals surface area contributed by atoms with Crippen molar-refractivity contribution >= 4 is 23.6 Å². The molecule has 0 atom stereocenters. The average Bonchev–Trinajstić information content (AvgIpc) is 2.87. The van der Waals surface area contributed by atoms with Gasteiger partial charge in [-0.1, -0.05) is 13.8 Å². The van der Waals surface area contributed by atoms with Crippen LogP contribution in [0.5, 0.6) is 0 Å². The van der Waals surface area contributed by atoms with Gasteiger partial charge in [-0.3, -0.25) is 24.1 Å². The summed E-state index contributed by atoms with van der Waals surface area (Å²) in [7, 11) is 0. The van der Waals surface area contributed by atoms with Gasteiger partial charge >= 0.3 is 0 Å². The molecule has 9 heteroatoms. The second kappa shape index (κ2) is 10.3. The maximum atomic E-state index is 12.0. The van der Waals surface area contributed by atoms with Crippen LogP contribution in [-0.2, 0) is 23.9 Å². The summed E-state index contributed by atoms with van der Waals surface area (Å²) in [6.45, 7) is 7.79. The van der Waals surface area contributed by atoms with Gasteiger partial charge in [0.15, 0.2) is 5.79 Å². The van der Waals surface area contributed by atoms with Crippen molar-refractivity contribution < 1.29 is 31.9 Å². The van der Waals surface area contributed by atoms with E-state index >= 15 is 0 Å². The molecule has 0 aliphatic carbocycles. The van der Waals surface area contributed by atoms with Crippen molar-refractivity contribution in [2.75, 3.05) is 26.2 Å². The molecule has 3 N–H and O–H groups in total. The van der Waals surface area contributed by atoms with Crippen molar-refractivity contribution in [3.8, 4) is 0 Å². The third kappa shape index (κ3) is 9.61. The number of hydrogen-bond acceptors (Lipinski definition) is 6. The van der Waals surface area contributed by atoms with E-state index < -0.39 is 11.2 Å². The number of ether oxygens (including phenoxy) is 1. The lowest BCUT2D eigenvalue weighted by Crippen LogP contribution is -2.37. The average molecular weight is 402 g/mol. The van der Waals surface area contributed by atoms with Crippen molar-refractivity contribution in [1.29, 1.82) is 0 Å². The SMILES string of the molecule is CC(C)(COC(C)(C)O)CC(=O)NCCC(=O)NCCCN1C(=O)C=CC1=O.[HH].[HH]. The highest BCUT2D eigenvalue weighted by molar-refractivity contribution is 6.12. The molecule has 0 aromatic heterocycles. The van der Waals surface area contributed by atoms with Crippen molar-refractivity contribution in [2.45, 2.75) is 52.7 Å². The van der Waals surface area contributed by atoms with E-state index in [2.05, 4.69) is 10.6 Å². The quantitative estimate of drug-likeness (QED) is 0.250. The minimum atomic E-state index is -1.25. The van der Waals surface area contributed by atoms with Crippen LogP contribution in [-0.4, -0.2) is 65.7 Å². The predicted octanol–water partition coefficient (Wildman–Crippen LogP) is 0.577. The molecule has 9 nitrogen and oxygen atoms in total. The van der Waals surface area contributed by atoms with Crippen LogP contribution in [0.2, 0.25) is 0 Å². The van der Waals surface area contributed by atoms with Gasteiger partial charge in [-0.15, -0.1) is 0 Å². The van der Waals surface area contributed by atoms with Crippen LogP contribution in [0.1, 0.15) is 49.8 Å². The molecule has 0 saturated carbocycles. The molecular weight excluding hydrogens is 366 g/mol. The number of nitrogens with one attached hydrogen (secondary N) is 2. The van der Waals surface area contributed by atoms with Crippen LogP contribution >= 0.6 is 0 Å². The maximum Gasteiger partial charge on any atom is 0.253 e. The van der Waals surface area contributed by atoms with Crippen LogP contribution in [0.15, 0.2) is 12.2 Å². The van der Waals surface area contributed by atoms with Gasteiger partial charge in [0.05, 0.1) is 6.61 Å². The molecule has 0 radical (unpaired) electrons. The highest BCUT2D eigenvalue weighted by Crippen LogP contribution is 2.22. The lowest BCUT2D eigenvalue weighted by atomic mass is 9.90. The fourth-order valence-electron chi connectivity index (χ4n) is 2.44. The molecule has 0 fully saturated rings. The number of carbonyl (C=O) groups is 4. The van der Waals surface area contributed by atoms with E-state index in [1.165, 1.54) is 26.0 Å². The lowest BCUT2D eigenvalue weighted by molar-refractivity contribution is -0.192. The molecule has 162 valence electrons. The molecule has 0 bridgehead atoms. The second-order valence-electron chi connectivity index (χ2n) is 8.04. The van der Waals surface area contributed by atoms with E-state index in [1.54, 1.807) is 0 Å². The summed E-state index contributed by atoms with van der Waals surface area (Å²) >= 11 is 0. The van der Waals surface area contributed by atoms with Gasteiger partial charge in [-0.2, -0.15) is 0 Å². The van der Waals surface area contributed by atoms with E-state index in [4.69, 9.17) is 4.74 Å². The molecule has 0 unspecified atom stereocenters. The first-order valence-electron chi connectivity index (χ1n) is 9.33. The van der Waals surface area contributed by atoms with Gasteiger partial charge in [0.1, 0.15) is 0 Å². The molecule has 1 aliphatic heterocycles. The van der Waals surface area contributed by atoms with E-state index in [1.807, 2.05) is 13.8 Å². The number of hydrogen-bond donors (Lipinski definition) is 3. The predicted molar refractivity (Wildman–Crippen MR) is 106 cm³/mol. The lowest BCUT2D eigenvalue weighted by Gasteiger charge is -2.28. The topological polar surface area (TPSA) is 125 Å². The Balaban J connectivity index is 0. The first-order valence-corrected chi connectivity index (χ1v) is 9.33. The van der Waals surface area contributed by atoms with Crippen LogP contribution in [0.25, 0.3) is 0 Å². The van der Waals surface area contributed by atoms with E-state index in [9.17, 15) is 24.3 Å². The third-order valence-electron chi connectivity index (χ3n) is 3.91. The normalized spacial score (nSPS) is 14.5. The Morgan fingerprint density at radius 2 is 1.64 bits per heavy atom. The number of rotatable bonds is 12. The third-order valence-corrected chi connectivity index (χ3v) is 3.91. The van der Waals surface area contributed by atoms with Gasteiger partial charge in [0.25, 0.3) is 11.8 Å². The Kier molecular flexibility index (Phi) is 8.77. The number of carbonyl (C=O) groups excluding carboxylic acids is 4. The summed E-state index contributed by atoms with van der Waals surface area (Å²) in [4.78, 5) is 47.7. The largest absolute Gasteiger partial charge is 0.366 e. The summed E-state index contributed by atoms with van der Waals surface area (Å²) in [6, 6.07) is 0. The summed E-state index contributed by atoms with van der Waals surface area (Å²) in [5.74, 6) is -2.35. The Morgan fingerprint density at radius 1 is 1.07 bits per heavy atom. The number of nitrogens with zero attached hydrogens (tertiary/aromatic N) is 1. The summed E-state index contributed by atoms with van der Waals surface area (Å²) < 4.78 is 5.30. The number of amides is 4. The number of aliphatic hydroxyl groups is 1. The van der Waals surface area contributed by atoms with Gasteiger partial charge in [-0.05, 0) is 25.7 Å². The van der Waals surface area contributed by atoms with Gasteiger partial charge in [-0.25, -0.2) is 0 Å². The van der Waals surface area contributed by atoms with E-state index in [0.717, 1.165) is 4.90 Å². The van der Waals surface area contributed by atoms with Gasteiger partial charge in [0, 0.05) is 47.5 Å². The molecular formula is C19H35N3O6. The smallest absolute Gasteiger partial charge is 0.253 e. The summed E-state index contributed by atoms with van der Waals surface area (Å²) in [5, 5.41) is 15.0. The molecule has 0 spiro atoms. The Hall–Kier alpha value is -2.26. The van der Waals surface area contributed by atoms with Crippen LogP contribution in [0, 0.1) is 5.41 Å². The molecule has 1 aliphatic rings. The highest BCUT2D eigenvalue weighted by atomic mass is 16.6. The zero-order valence-electron chi connectivity index (χ0n) is 17.0. The fourth-order valence-corrected chi connectivity index (χ4v) is 2.44. The standard InChI is InChI=1S/C19H31N3O6.2H2/c1-18(2,13-28-19(3,4)27)12-15(24)21-10-8-14(23)20-9-5-11-22-16(25)6-7-17(22)26;;/h6-7,27H,5,8-13H2,1-4H3,(H,20,23)(H,21,24);2*1H. The van der Waals surface area contributed by atoms with Crippen LogP contribution in [0.4, 0.5) is 0 Å². The molecule has 0 aromatic rings. The molecule has 1 heterocycles. The first-order chi connectivity index (χ1) is 12.9. The monoisotopic (exact) mass is 401 g/mol. The van der Waals surface area contributed by atoms with Crippen molar-refractivity contribution in [3.05, 3.63) is 12.2 Å². The van der Waals surface area contributed by atoms with Crippen molar-refractivity contribution in [3.63, 3.8) is 0 Å². The van der Waals surface area contributed by atoms with Crippen LogP contribution in [0.3, 0.4) is 0 Å². The van der Waals surface area contributed by atoms with Gasteiger partial charge < -0.3 is 20.5 Å². The van der Waals surface area contributed by atoms with E-state index in [-0.39, 0.29) is 59.0 Å². The Morgan fingerprint density at radius 3 is 2.21 bits per heavy atom. The number of imide groups is 1.